The van der Waals surface area contributed by atoms with Crippen LogP contribution < -0.4 is 0 Å². The van der Waals surface area contributed by atoms with Crippen LogP contribution in [0.5, 0.6) is 0 Å². The highest BCUT2D eigenvalue weighted by atomic mass is 32.1. The van der Waals surface area contributed by atoms with Crippen molar-refractivity contribution >= 4 is 12.6 Å². The van der Waals surface area contributed by atoms with Crippen molar-refractivity contribution in [3.05, 3.63) is 30.1 Å². The summed E-state index contributed by atoms with van der Waals surface area (Å²) in [6, 6.07) is 4.39. The molecule has 0 aliphatic rings. The highest BCUT2D eigenvalue weighted by molar-refractivity contribution is 7.80. The molecule has 0 radical (unpaired) electrons. The second-order valence-electron chi connectivity index (χ2n) is 2.95. The summed E-state index contributed by atoms with van der Waals surface area (Å²) in [7, 11) is 4.10. The van der Waals surface area contributed by atoms with Crippen LogP contribution in [0.25, 0.3) is 0 Å². The van der Waals surface area contributed by atoms with Crippen LogP contribution in [0.15, 0.2) is 24.5 Å². The maximum absolute atomic E-state index is 4.30. The van der Waals surface area contributed by atoms with Gasteiger partial charge in [0.25, 0.3) is 0 Å². The maximum Gasteiger partial charge on any atom is 0.0445 e. The smallest absolute Gasteiger partial charge is 0.0445 e. The number of hydrogen-bond donors (Lipinski definition) is 1. The molecule has 1 rings (SSSR count). The van der Waals surface area contributed by atoms with E-state index in [4.69, 9.17) is 0 Å². The standard InChI is InChI=1S/C9H14N2S/c1-11(2)9(7-12)8-4-3-5-10-6-8/h3-6,9,12H,7H2,1-2H3. The molecule has 0 N–H and O–H groups in total. The molecule has 0 aliphatic carbocycles. The number of thiol groups is 1. The average Bonchev–Trinajstić information content (AvgIpc) is 2.07. The van der Waals surface area contributed by atoms with Gasteiger partial charge in [0.15, 0.2) is 0 Å². The molecule has 0 aliphatic heterocycles. The summed E-state index contributed by atoms with van der Waals surface area (Å²) in [4.78, 5) is 6.22. The lowest BCUT2D eigenvalue weighted by atomic mass is 10.1. The molecule has 1 atom stereocenters. The van der Waals surface area contributed by atoms with Crippen molar-refractivity contribution in [2.45, 2.75) is 6.04 Å². The van der Waals surface area contributed by atoms with E-state index in [1.807, 2.05) is 26.4 Å². The van der Waals surface area contributed by atoms with E-state index < -0.39 is 0 Å². The van der Waals surface area contributed by atoms with Gasteiger partial charge in [-0.1, -0.05) is 6.07 Å². The van der Waals surface area contributed by atoms with Crippen LogP contribution in [0.3, 0.4) is 0 Å². The van der Waals surface area contributed by atoms with Crippen molar-refractivity contribution in [2.24, 2.45) is 0 Å². The Balaban J connectivity index is 2.80. The molecule has 1 aromatic rings. The maximum atomic E-state index is 4.30. The van der Waals surface area contributed by atoms with Gasteiger partial charge in [-0.3, -0.25) is 4.98 Å². The number of aromatic nitrogens is 1. The second kappa shape index (κ2) is 4.48. The lowest BCUT2D eigenvalue weighted by Gasteiger charge is -2.22. The largest absolute Gasteiger partial charge is 0.302 e. The van der Waals surface area contributed by atoms with Crippen molar-refractivity contribution in [1.29, 1.82) is 0 Å². The topological polar surface area (TPSA) is 16.1 Å². The molecule has 12 heavy (non-hydrogen) atoms. The molecule has 1 unspecified atom stereocenters. The molecule has 0 fully saturated rings. The molecular weight excluding hydrogens is 168 g/mol. The normalized spacial score (nSPS) is 13.3. The minimum absolute atomic E-state index is 0.363. The summed E-state index contributed by atoms with van der Waals surface area (Å²) < 4.78 is 0. The first-order valence-corrected chi connectivity index (χ1v) is 4.56. The molecule has 0 spiro atoms. The Morgan fingerprint density at radius 3 is 2.75 bits per heavy atom. The van der Waals surface area contributed by atoms with Gasteiger partial charge in [-0.05, 0) is 25.7 Å². The minimum atomic E-state index is 0.363. The molecular formula is C9H14N2S. The van der Waals surface area contributed by atoms with Crippen LogP contribution in [-0.4, -0.2) is 29.7 Å². The average molecular weight is 182 g/mol. The van der Waals surface area contributed by atoms with Crippen molar-refractivity contribution < 1.29 is 0 Å². The molecule has 2 nitrogen and oxygen atoms in total. The first-order chi connectivity index (χ1) is 5.75. The van der Waals surface area contributed by atoms with Gasteiger partial charge in [-0.15, -0.1) is 0 Å². The number of nitrogens with zero attached hydrogens (tertiary/aromatic N) is 2. The molecule has 0 amide bonds. The number of hydrogen-bond acceptors (Lipinski definition) is 3. The van der Waals surface area contributed by atoms with Gasteiger partial charge in [-0.2, -0.15) is 12.6 Å². The summed E-state index contributed by atoms with van der Waals surface area (Å²) in [5.41, 5.74) is 1.22. The lowest BCUT2D eigenvalue weighted by Crippen LogP contribution is -2.21. The lowest BCUT2D eigenvalue weighted by molar-refractivity contribution is 0.326. The fraction of sp³-hybridized carbons (Fsp3) is 0.444. The molecule has 1 heterocycles. The zero-order valence-corrected chi connectivity index (χ0v) is 8.33. The highest BCUT2D eigenvalue weighted by Crippen LogP contribution is 2.17. The highest BCUT2D eigenvalue weighted by Gasteiger charge is 2.10. The molecule has 1 aromatic heterocycles. The summed E-state index contributed by atoms with van der Waals surface area (Å²) in [6.45, 7) is 0. The van der Waals surface area contributed by atoms with E-state index in [0.29, 0.717) is 6.04 Å². The minimum Gasteiger partial charge on any atom is -0.302 e. The van der Waals surface area contributed by atoms with Gasteiger partial charge in [0, 0.05) is 24.2 Å². The Morgan fingerprint density at radius 2 is 2.33 bits per heavy atom. The zero-order valence-electron chi connectivity index (χ0n) is 7.44. The Morgan fingerprint density at radius 1 is 1.58 bits per heavy atom. The third kappa shape index (κ3) is 2.22. The van der Waals surface area contributed by atoms with Crippen LogP contribution in [0.4, 0.5) is 0 Å². The predicted octanol–water partition coefficient (Wildman–Crippen LogP) is 1.61. The van der Waals surface area contributed by atoms with Gasteiger partial charge >= 0.3 is 0 Å². The van der Waals surface area contributed by atoms with E-state index in [0.717, 1.165) is 5.75 Å². The van der Waals surface area contributed by atoms with Gasteiger partial charge in [-0.25, -0.2) is 0 Å². The number of rotatable bonds is 3. The summed E-state index contributed by atoms with van der Waals surface area (Å²) >= 11 is 4.30. The quantitative estimate of drug-likeness (QED) is 0.715. The van der Waals surface area contributed by atoms with Gasteiger partial charge in [0.05, 0.1) is 0 Å². The molecule has 3 heteroatoms. The van der Waals surface area contributed by atoms with Gasteiger partial charge in [0.2, 0.25) is 0 Å². The number of pyridine rings is 1. The molecule has 0 aromatic carbocycles. The fourth-order valence-electron chi connectivity index (χ4n) is 1.14. The van der Waals surface area contributed by atoms with Crippen LogP contribution in [0, 0.1) is 0 Å². The molecule has 0 saturated carbocycles. The van der Waals surface area contributed by atoms with Crippen molar-refractivity contribution in [3.63, 3.8) is 0 Å². The molecule has 66 valence electrons. The second-order valence-corrected chi connectivity index (χ2v) is 3.31. The van der Waals surface area contributed by atoms with Crippen LogP contribution in [-0.2, 0) is 0 Å². The first kappa shape index (κ1) is 9.55. The predicted molar refractivity (Wildman–Crippen MR) is 54.5 cm³/mol. The Bertz CT molecular complexity index is 223. The van der Waals surface area contributed by atoms with Gasteiger partial charge in [0.1, 0.15) is 0 Å². The Kier molecular flexibility index (Phi) is 3.56. The third-order valence-electron chi connectivity index (χ3n) is 1.87. The van der Waals surface area contributed by atoms with E-state index in [1.165, 1.54) is 5.56 Å². The van der Waals surface area contributed by atoms with Crippen LogP contribution >= 0.6 is 12.6 Å². The summed E-state index contributed by atoms with van der Waals surface area (Å²) in [5.74, 6) is 0.818. The first-order valence-electron chi connectivity index (χ1n) is 3.93. The fourth-order valence-corrected chi connectivity index (χ4v) is 1.68. The molecule has 0 saturated heterocycles. The SMILES string of the molecule is CN(C)C(CS)c1cccnc1. The van der Waals surface area contributed by atoms with E-state index in [2.05, 4.69) is 28.6 Å². The van der Waals surface area contributed by atoms with Crippen LogP contribution in [0.1, 0.15) is 11.6 Å². The van der Waals surface area contributed by atoms with Crippen molar-refractivity contribution in [3.8, 4) is 0 Å². The van der Waals surface area contributed by atoms with Crippen molar-refractivity contribution in [2.75, 3.05) is 19.8 Å². The molecule has 0 bridgehead atoms. The van der Waals surface area contributed by atoms with Crippen molar-refractivity contribution in [1.82, 2.24) is 9.88 Å². The van der Waals surface area contributed by atoms with Crippen LogP contribution in [0.2, 0.25) is 0 Å². The summed E-state index contributed by atoms with van der Waals surface area (Å²) in [6.07, 6.45) is 3.68. The summed E-state index contributed by atoms with van der Waals surface area (Å²) in [5, 5.41) is 0. The Labute approximate surface area is 79.0 Å². The van der Waals surface area contributed by atoms with Gasteiger partial charge < -0.3 is 4.90 Å². The third-order valence-corrected chi connectivity index (χ3v) is 2.21. The Hall–Kier alpha value is -0.540. The van der Waals surface area contributed by atoms with E-state index >= 15 is 0 Å². The van der Waals surface area contributed by atoms with E-state index in [1.54, 1.807) is 6.20 Å². The monoisotopic (exact) mass is 182 g/mol. The zero-order chi connectivity index (χ0) is 8.97. The van der Waals surface area contributed by atoms with E-state index in [-0.39, 0.29) is 0 Å². The van der Waals surface area contributed by atoms with E-state index in [9.17, 15) is 0 Å².